The van der Waals surface area contributed by atoms with E-state index in [1.165, 1.54) is 0 Å². The average molecular weight is 441 g/mol. The van der Waals surface area contributed by atoms with Gasteiger partial charge in [0.2, 0.25) is 0 Å². The Hall–Kier alpha value is -2.80. The van der Waals surface area contributed by atoms with Crippen LogP contribution < -0.4 is 10.1 Å². The number of rotatable bonds is 7. The van der Waals surface area contributed by atoms with Crippen molar-refractivity contribution in [3.8, 4) is 17.1 Å². The number of carbonyl (C=O) groups is 1. The summed E-state index contributed by atoms with van der Waals surface area (Å²) in [4.78, 5) is 15.1. The summed E-state index contributed by atoms with van der Waals surface area (Å²) in [6.45, 7) is 3.43. The molecule has 1 N–H and O–H groups in total. The molecule has 0 saturated carbocycles. The molecule has 1 fully saturated rings. The van der Waals surface area contributed by atoms with Crippen molar-refractivity contribution in [2.45, 2.75) is 6.04 Å². The predicted molar refractivity (Wildman–Crippen MR) is 120 cm³/mol. The molecule has 2 aromatic carbocycles. The SMILES string of the molecule is COc1ccc([C@@H](CNC(=O)c2ccc(-c3ccccc3Cl)o2)N2CCOCC2)cc1. The number of furan rings is 1. The van der Waals surface area contributed by atoms with Crippen molar-refractivity contribution in [2.75, 3.05) is 40.0 Å². The van der Waals surface area contributed by atoms with Crippen LogP contribution in [0.2, 0.25) is 5.02 Å². The van der Waals surface area contributed by atoms with Crippen LogP contribution in [0.5, 0.6) is 5.75 Å². The molecule has 162 valence electrons. The molecule has 1 atom stereocenters. The van der Waals surface area contributed by atoms with Gasteiger partial charge < -0.3 is 19.2 Å². The Morgan fingerprint density at radius 3 is 2.55 bits per heavy atom. The van der Waals surface area contributed by atoms with Crippen LogP contribution in [0.4, 0.5) is 0 Å². The molecule has 31 heavy (non-hydrogen) atoms. The number of amides is 1. The molecule has 6 nitrogen and oxygen atoms in total. The van der Waals surface area contributed by atoms with Crippen molar-refractivity contribution in [1.29, 1.82) is 0 Å². The third-order valence-electron chi connectivity index (χ3n) is 5.41. The van der Waals surface area contributed by atoms with Gasteiger partial charge in [0.05, 0.1) is 31.4 Å². The molecule has 1 aromatic heterocycles. The maximum atomic E-state index is 12.8. The third kappa shape index (κ3) is 5.10. The van der Waals surface area contributed by atoms with Crippen LogP contribution >= 0.6 is 11.6 Å². The summed E-state index contributed by atoms with van der Waals surface area (Å²) in [5.41, 5.74) is 1.87. The highest BCUT2D eigenvalue weighted by molar-refractivity contribution is 6.33. The van der Waals surface area contributed by atoms with Crippen LogP contribution in [0, 0.1) is 0 Å². The first kappa shape index (κ1) is 21.4. The average Bonchev–Trinajstić information content (AvgIpc) is 3.31. The van der Waals surface area contributed by atoms with Gasteiger partial charge in [0.15, 0.2) is 5.76 Å². The number of methoxy groups -OCH3 is 1. The Morgan fingerprint density at radius 2 is 1.84 bits per heavy atom. The second-order valence-corrected chi connectivity index (χ2v) is 7.70. The van der Waals surface area contributed by atoms with Crippen molar-refractivity contribution in [3.05, 3.63) is 77.0 Å². The lowest BCUT2D eigenvalue weighted by Crippen LogP contribution is -2.43. The largest absolute Gasteiger partial charge is 0.497 e. The Labute approximate surface area is 186 Å². The highest BCUT2D eigenvalue weighted by atomic mass is 35.5. The van der Waals surface area contributed by atoms with Crippen molar-refractivity contribution in [1.82, 2.24) is 10.2 Å². The zero-order valence-electron chi connectivity index (χ0n) is 17.3. The lowest BCUT2D eigenvalue weighted by molar-refractivity contribution is 0.0161. The molecule has 0 unspecified atom stereocenters. The number of halogens is 1. The molecule has 2 heterocycles. The van der Waals surface area contributed by atoms with E-state index in [2.05, 4.69) is 10.2 Å². The van der Waals surface area contributed by atoms with Gasteiger partial charge in [-0.05, 0) is 42.0 Å². The van der Waals surface area contributed by atoms with Crippen molar-refractivity contribution in [3.63, 3.8) is 0 Å². The van der Waals surface area contributed by atoms with E-state index >= 15 is 0 Å². The summed E-state index contributed by atoms with van der Waals surface area (Å²) >= 11 is 6.24. The summed E-state index contributed by atoms with van der Waals surface area (Å²) in [6, 6.07) is 18.8. The number of nitrogens with zero attached hydrogens (tertiary/aromatic N) is 1. The van der Waals surface area contributed by atoms with E-state index in [1.54, 1.807) is 25.3 Å². The van der Waals surface area contributed by atoms with Crippen LogP contribution in [0.25, 0.3) is 11.3 Å². The van der Waals surface area contributed by atoms with E-state index in [1.807, 2.05) is 42.5 Å². The van der Waals surface area contributed by atoms with E-state index in [9.17, 15) is 4.79 Å². The van der Waals surface area contributed by atoms with Gasteiger partial charge >= 0.3 is 0 Å². The summed E-state index contributed by atoms with van der Waals surface area (Å²) in [6.07, 6.45) is 0. The molecule has 1 saturated heterocycles. The van der Waals surface area contributed by atoms with Gasteiger partial charge in [-0.15, -0.1) is 0 Å². The smallest absolute Gasteiger partial charge is 0.287 e. The molecule has 4 rings (SSSR count). The van der Waals surface area contributed by atoms with Gasteiger partial charge in [-0.2, -0.15) is 0 Å². The number of benzene rings is 2. The van der Waals surface area contributed by atoms with E-state index in [0.29, 0.717) is 30.5 Å². The zero-order valence-corrected chi connectivity index (χ0v) is 18.1. The second-order valence-electron chi connectivity index (χ2n) is 7.29. The van der Waals surface area contributed by atoms with Crippen molar-refractivity contribution in [2.24, 2.45) is 0 Å². The molecule has 0 bridgehead atoms. The first-order valence-corrected chi connectivity index (χ1v) is 10.6. The molecule has 0 radical (unpaired) electrons. The highest BCUT2D eigenvalue weighted by Gasteiger charge is 2.24. The molecule has 1 aliphatic heterocycles. The van der Waals surface area contributed by atoms with Gasteiger partial charge in [0.1, 0.15) is 11.5 Å². The fourth-order valence-corrected chi connectivity index (χ4v) is 3.94. The van der Waals surface area contributed by atoms with Crippen LogP contribution in [0.15, 0.2) is 65.1 Å². The van der Waals surface area contributed by atoms with Crippen LogP contribution in [-0.2, 0) is 4.74 Å². The predicted octanol–water partition coefficient (Wildman–Crippen LogP) is 4.41. The number of hydrogen-bond acceptors (Lipinski definition) is 5. The normalized spacial score (nSPS) is 15.4. The summed E-state index contributed by atoms with van der Waals surface area (Å²) in [5, 5.41) is 3.60. The van der Waals surface area contributed by atoms with E-state index in [-0.39, 0.29) is 17.7 Å². The van der Waals surface area contributed by atoms with E-state index < -0.39 is 0 Å². The zero-order chi connectivity index (χ0) is 21.6. The molecule has 1 aliphatic rings. The topological polar surface area (TPSA) is 63.9 Å². The fourth-order valence-electron chi connectivity index (χ4n) is 3.72. The van der Waals surface area contributed by atoms with Crippen LogP contribution in [0.1, 0.15) is 22.2 Å². The van der Waals surface area contributed by atoms with E-state index in [0.717, 1.165) is 30.0 Å². The standard InChI is InChI=1S/C24H25ClN2O4/c1-29-18-8-6-17(7-9-18)21(27-12-14-30-15-13-27)16-26-24(28)23-11-10-22(31-23)19-4-2-3-5-20(19)25/h2-11,21H,12-16H2,1H3,(H,26,28)/t21-/m1/s1. The molecular weight excluding hydrogens is 416 g/mol. The molecule has 0 spiro atoms. The Bertz CT molecular complexity index is 1010. The Balaban J connectivity index is 1.47. The maximum absolute atomic E-state index is 12.8. The summed E-state index contributed by atoms with van der Waals surface area (Å²) < 4.78 is 16.5. The van der Waals surface area contributed by atoms with Gasteiger partial charge in [-0.3, -0.25) is 9.69 Å². The number of nitrogens with one attached hydrogen (secondary N) is 1. The fraction of sp³-hybridized carbons (Fsp3) is 0.292. The van der Waals surface area contributed by atoms with Gasteiger partial charge in [-0.25, -0.2) is 0 Å². The minimum absolute atomic E-state index is 0.0248. The Morgan fingerprint density at radius 1 is 1.10 bits per heavy atom. The molecular formula is C24H25ClN2O4. The molecule has 3 aromatic rings. The monoisotopic (exact) mass is 440 g/mol. The first-order chi connectivity index (χ1) is 15.2. The third-order valence-corrected chi connectivity index (χ3v) is 5.74. The highest BCUT2D eigenvalue weighted by Crippen LogP contribution is 2.29. The first-order valence-electron chi connectivity index (χ1n) is 10.2. The molecule has 1 amide bonds. The maximum Gasteiger partial charge on any atom is 0.287 e. The van der Waals surface area contributed by atoms with Gasteiger partial charge in [0, 0.05) is 25.2 Å². The molecule has 7 heteroatoms. The van der Waals surface area contributed by atoms with Gasteiger partial charge in [0.25, 0.3) is 5.91 Å². The van der Waals surface area contributed by atoms with Crippen molar-refractivity contribution >= 4 is 17.5 Å². The van der Waals surface area contributed by atoms with E-state index in [4.69, 9.17) is 25.5 Å². The molecule has 0 aliphatic carbocycles. The second kappa shape index (κ2) is 10.0. The Kier molecular flexibility index (Phi) is 6.92. The summed E-state index contributed by atoms with van der Waals surface area (Å²) in [5.74, 6) is 1.36. The number of hydrogen-bond donors (Lipinski definition) is 1. The van der Waals surface area contributed by atoms with Crippen LogP contribution in [0.3, 0.4) is 0 Å². The number of ether oxygens (including phenoxy) is 2. The quantitative estimate of drug-likeness (QED) is 0.589. The lowest BCUT2D eigenvalue weighted by Gasteiger charge is -2.34. The lowest BCUT2D eigenvalue weighted by atomic mass is 10.0. The van der Waals surface area contributed by atoms with Crippen LogP contribution in [-0.4, -0.2) is 50.8 Å². The van der Waals surface area contributed by atoms with Crippen molar-refractivity contribution < 1.29 is 18.7 Å². The number of morpholine rings is 1. The minimum Gasteiger partial charge on any atom is -0.497 e. The minimum atomic E-state index is -0.259. The number of carbonyl (C=O) groups excluding carboxylic acids is 1. The summed E-state index contributed by atoms with van der Waals surface area (Å²) in [7, 11) is 1.65. The van der Waals surface area contributed by atoms with Gasteiger partial charge in [-0.1, -0.05) is 35.9 Å².